The molecular weight excluding hydrogens is 372 g/mol. The molecule has 2 aromatic rings. The molecule has 0 radical (unpaired) electrons. The lowest BCUT2D eigenvalue weighted by Gasteiger charge is -2.34. The number of benzene rings is 1. The van der Waals surface area contributed by atoms with Gasteiger partial charge in [-0.2, -0.15) is 0 Å². The van der Waals surface area contributed by atoms with Crippen LogP contribution in [0, 0.1) is 0 Å². The summed E-state index contributed by atoms with van der Waals surface area (Å²) in [4.78, 5) is 16.8. The molecule has 0 N–H and O–H groups in total. The number of hydrogen-bond donors (Lipinski definition) is 0. The van der Waals surface area contributed by atoms with Crippen LogP contribution in [0.4, 0.5) is 0 Å². The smallest absolute Gasteiger partial charge is 0.233 e. The SMILES string of the molecule is O=C(CSc1nnnn1C1CC1)N1CCN(Cc2cccc(Cl)c2)CC1. The Morgan fingerprint density at radius 3 is 2.77 bits per heavy atom. The Kier molecular flexibility index (Phi) is 5.42. The van der Waals surface area contributed by atoms with Gasteiger partial charge in [-0.1, -0.05) is 35.5 Å². The summed E-state index contributed by atoms with van der Waals surface area (Å²) in [5.74, 6) is 0.546. The Morgan fingerprint density at radius 2 is 2.04 bits per heavy atom. The maximum absolute atomic E-state index is 12.5. The van der Waals surface area contributed by atoms with Crippen molar-refractivity contribution in [1.82, 2.24) is 30.0 Å². The van der Waals surface area contributed by atoms with Crippen LogP contribution in [0.5, 0.6) is 0 Å². The number of carbonyl (C=O) groups excluding carboxylic acids is 1. The summed E-state index contributed by atoms with van der Waals surface area (Å²) in [6.07, 6.45) is 2.25. The van der Waals surface area contributed by atoms with Crippen molar-refractivity contribution in [2.45, 2.75) is 30.6 Å². The Bertz CT molecular complexity index is 772. The monoisotopic (exact) mass is 392 g/mol. The van der Waals surface area contributed by atoms with Crippen molar-refractivity contribution in [1.29, 1.82) is 0 Å². The Hall–Kier alpha value is -1.64. The average molecular weight is 393 g/mol. The summed E-state index contributed by atoms with van der Waals surface area (Å²) < 4.78 is 1.85. The number of piperazine rings is 1. The van der Waals surface area contributed by atoms with Gasteiger partial charge in [-0.05, 0) is 41.0 Å². The van der Waals surface area contributed by atoms with Gasteiger partial charge in [0, 0.05) is 37.7 Å². The van der Waals surface area contributed by atoms with Gasteiger partial charge in [0.1, 0.15) is 0 Å². The van der Waals surface area contributed by atoms with E-state index in [4.69, 9.17) is 11.6 Å². The van der Waals surface area contributed by atoms with E-state index in [1.165, 1.54) is 17.3 Å². The molecule has 4 rings (SSSR count). The lowest BCUT2D eigenvalue weighted by atomic mass is 10.2. The first-order chi connectivity index (χ1) is 12.7. The summed E-state index contributed by atoms with van der Waals surface area (Å²) in [6, 6.07) is 8.38. The van der Waals surface area contributed by atoms with Crippen LogP contribution in [0.2, 0.25) is 5.02 Å². The van der Waals surface area contributed by atoms with E-state index in [2.05, 4.69) is 26.5 Å². The van der Waals surface area contributed by atoms with Crippen LogP contribution in [0.25, 0.3) is 0 Å². The number of hydrogen-bond acceptors (Lipinski definition) is 6. The molecule has 2 aliphatic rings. The second-order valence-electron chi connectivity index (χ2n) is 6.71. The molecule has 0 bridgehead atoms. The van der Waals surface area contributed by atoms with E-state index >= 15 is 0 Å². The lowest BCUT2D eigenvalue weighted by molar-refractivity contribution is -0.130. The van der Waals surface area contributed by atoms with Gasteiger partial charge in [0.15, 0.2) is 0 Å². The van der Waals surface area contributed by atoms with Crippen LogP contribution in [0.1, 0.15) is 24.4 Å². The quantitative estimate of drug-likeness (QED) is 0.701. The molecule has 9 heteroatoms. The summed E-state index contributed by atoms with van der Waals surface area (Å²) in [5, 5.41) is 13.3. The fraction of sp³-hybridized carbons (Fsp3) is 0.529. The van der Waals surface area contributed by atoms with Crippen LogP contribution < -0.4 is 0 Å². The largest absolute Gasteiger partial charge is 0.339 e. The molecule has 1 aromatic heterocycles. The highest BCUT2D eigenvalue weighted by Gasteiger charge is 2.28. The predicted molar refractivity (Wildman–Crippen MR) is 100 cm³/mol. The first kappa shape index (κ1) is 17.8. The molecule has 2 heterocycles. The number of tetrazole rings is 1. The topological polar surface area (TPSA) is 67.2 Å². The molecule has 1 saturated heterocycles. The summed E-state index contributed by atoms with van der Waals surface area (Å²) in [6.45, 7) is 4.14. The maximum atomic E-state index is 12.5. The molecule has 1 aliphatic heterocycles. The highest BCUT2D eigenvalue weighted by Crippen LogP contribution is 2.36. The second-order valence-corrected chi connectivity index (χ2v) is 8.09. The van der Waals surface area contributed by atoms with Gasteiger partial charge in [-0.3, -0.25) is 9.69 Å². The van der Waals surface area contributed by atoms with Crippen LogP contribution in [0.3, 0.4) is 0 Å². The van der Waals surface area contributed by atoms with E-state index in [1.807, 2.05) is 27.8 Å². The number of nitrogens with zero attached hydrogens (tertiary/aromatic N) is 6. The summed E-state index contributed by atoms with van der Waals surface area (Å²) >= 11 is 7.49. The third-order valence-corrected chi connectivity index (χ3v) is 5.85. The lowest BCUT2D eigenvalue weighted by Crippen LogP contribution is -2.48. The number of aromatic nitrogens is 4. The van der Waals surface area contributed by atoms with E-state index in [1.54, 1.807) is 0 Å². The zero-order chi connectivity index (χ0) is 17.9. The van der Waals surface area contributed by atoms with E-state index in [9.17, 15) is 4.79 Å². The minimum absolute atomic E-state index is 0.155. The number of rotatable bonds is 6. The summed E-state index contributed by atoms with van der Waals surface area (Å²) in [5.41, 5.74) is 1.21. The minimum atomic E-state index is 0.155. The minimum Gasteiger partial charge on any atom is -0.339 e. The molecule has 7 nitrogen and oxygen atoms in total. The molecule has 2 fully saturated rings. The van der Waals surface area contributed by atoms with Gasteiger partial charge >= 0.3 is 0 Å². The molecule has 0 atom stereocenters. The van der Waals surface area contributed by atoms with Crippen molar-refractivity contribution < 1.29 is 4.79 Å². The fourth-order valence-corrected chi connectivity index (χ4v) is 4.16. The van der Waals surface area contributed by atoms with Gasteiger partial charge in [-0.15, -0.1) is 5.10 Å². The van der Waals surface area contributed by atoms with Crippen molar-refractivity contribution >= 4 is 29.3 Å². The molecular formula is C17H21ClN6OS. The number of amides is 1. The first-order valence-electron chi connectivity index (χ1n) is 8.84. The van der Waals surface area contributed by atoms with E-state index < -0.39 is 0 Å². The third kappa shape index (κ3) is 4.36. The zero-order valence-electron chi connectivity index (χ0n) is 14.4. The Balaban J connectivity index is 1.23. The Labute approximate surface area is 161 Å². The van der Waals surface area contributed by atoms with Crippen molar-refractivity contribution in [3.63, 3.8) is 0 Å². The van der Waals surface area contributed by atoms with Gasteiger partial charge < -0.3 is 4.90 Å². The van der Waals surface area contributed by atoms with Gasteiger partial charge in [0.25, 0.3) is 0 Å². The highest BCUT2D eigenvalue weighted by molar-refractivity contribution is 7.99. The van der Waals surface area contributed by atoms with Crippen molar-refractivity contribution in [2.24, 2.45) is 0 Å². The standard InChI is InChI=1S/C17H21ClN6OS/c18-14-3-1-2-13(10-14)11-22-6-8-23(9-7-22)16(25)12-26-17-19-20-21-24(17)15-4-5-15/h1-3,10,15H,4-9,11-12H2. The number of halogens is 1. The van der Waals surface area contributed by atoms with Gasteiger partial charge in [0.05, 0.1) is 11.8 Å². The van der Waals surface area contributed by atoms with E-state index in [0.717, 1.165) is 55.7 Å². The van der Waals surface area contributed by atoms with Gasteiger partial charge in [0.2, 0.25) is 11.1 Å². The number of thioether (sulfide) groups is 1. The molecule has 1 amide bonds. The highest BCUT2D eigenvalue weighted by atomic mass is 35.5. The van der Waals surface area contributed by atoms with Crippen molar-refractivity contribution in [3.8, 4) is 0 Å². The van der Waals surface area contributed by atoms with Crippen LogP contribution in [-0.2, 0) is 11.3 Å². The van der Waals surface area contributed by atoms with E-state index in [-0.39, 0.29) is 5.91 Å². The Morgan fingerprint density at radius 1 is 1.23 bits per heavy atom. The molecule has 1 aliphatic carbocycles. The molecule has 138 valence electrons. The third-order valence-electron chi connectivity index (χ3n) is 4.70. The molecule has 26 heavy (non-hydrogen) atoms. The molecule has 0 spiro atoms. The van der Waals surface area contributed by atoms with Crippen molar-refractivity contribution in [2.75, 3.05) is 31.9 Å². The molecule has 1 saturated carbocycles. The second kappa shape index (κ2) is 7.94. The van der Waals surface area contributed by atoms with E-state index in [0.29, 0.717) is 11.8 Å². The predicted octanol–water partition coefficient (Wildman–Crippen LogP) is 2.10. The van der Waals surface area contributed by atoms with Crippen molar-refractivity contribution in [3.05, 3.63) is 34.9 Å². The maximum Gasteiger partial charge on any atom is 0.233 e. The fourth-order valence-electron chi connectivity index (χ4n) is 3.10. The number of carbonyl (C=O) groups is 1. The van der Waals surface area contributed by atoms with Gasteiger partial charge in [-0.25, -0.2) is 4.68 Å². The first-order valence-corrected chi connectivity index (χ1v) is 10.2. The van der Waals surface area contributed by atoms with Crippen LogP contribution in [-0.4, -0.2) is 67.8 Å². The normalized spacial score (nSPS) is 18.3. The van der Waals surface area contributed by atoms with Crippen LogP contribution in [0.15, 0.2) is 29.4 Å². The zero-order valence-corrected chi connectivity index (χ0v) is 16.0. The molecule has 0 unspecified atom stereocenters. The summed E-state index contributed by atoms with van der Waals surface area (Å²) in [7, 11) is 0. The molecule has 1 aromatic carbocycles. The average Bonchev–Trinajstić information content (AvgIpc) is 3.38. The van der Waals surface area contributed by atoms with Crippen LogP contribution >= 0.6 is 23.4 Å².